The van der Waals surface area contributed by atoms with Gasteiger partial charge in [0.1, 0.15) is 5.02 Å². The second-order valence-corrected chi connectivity index (χ2v) is 2.98. The predicted molar refractivity (Wildman–Crippen MR) is 46.2 cm³/mol. The van der Waals surface area contributed by atoms with Crippen LogP contribution in [-0.4, -0.2) is 0 Å². The molecular formula is C6H2Cl3N2+. The van der Waals surface area contributed by atoms with Crippen molar-refractivity contribution in [1.82, 2.24) is 0 Å². The molecule has 1 aromatic rings. The van der Waals surface area contributed by atoms with E-state index in [2.05, 4.69) is 4.98 Å². The molecule has 0 spiro atoms. The monoisotopic (exact) mass is 207 g/mol. The molecule has 5 heteroatoms. The first-order valence-electron chi connectivity index (χ1n) is 2.65. The lowest BCUT2D eigenvalue weighted by atomic mass is 10.3. The molecule has 0 aliphatic carbocycles. The summed E-state index contributed by atoms with van der Waals surface area (Å²) in [6, 6.07) is 3.03. The minimum absolute atomic E-state index is 0.0980. The Labute approximate surface area is 78.3 Å². The molecule has 0 heterocycles. The van der Waals surface area contributed by atoms with Crippen molar-refractivity contribution in [3.63, 3.8) is 0 Å². The lowest BCUT2D eigenvalue weighted by Crippen LogP contribution is -1.70. The van der Waals surface area contributed by atoms with E-state index in [0.717, 1.165) is 0 Å². The molecule has 0 atom stereocenters. The summed E-state index contributed by atoms with van der Waals surface area (Å²) in [5, 5.41) is 9.15. The molecule has 0 N–H and O–H groups in total. The number of halogens is 3. The summed E-state index contributed by atoms with van der Waals surface area (Å²) in [7, 11) is 0. The van der Waals surface area contributed by atoms with Crippen LogP contribution >= 0.6 is 34.8 Å². The molecule has 0 aliphatic rings. The fourth-order valence-electron chi connectivity index (χ4n) is 0.608. The summed E-state index contributed by atoms with van der Waals surface area (Å²) in [6.45, 7) is 0. The van der Waals surface area contributed by atoms with Crippen LogP contribution in [0.15, 0.2) is 12.1 Å². The van der Waals surface area contributed by atoms with Gasteiger partial charge in [-0.2, -0.15) is 0 Å². The smallest absolute Gasteiger partial charge is 0.0824 e. The number of rotatable bonds is 0. The molecule has 0 aliphatic heterocycles. The van der Waals surface area contributed by atoms with Gasteiger partial charge in [-0.15, -0.1) is 0 Å². The highest BCUT2D eigenvalue weighted by Crippen LogP contribution is 2.37. The van der Waals surface area contributed by atoms with E-state index in [1.165, 1.54) is 12.1 Å². The van der Waals surface area contributed by atoms with E-state index in [4.69, 9.17) is 40.2 Å². The van der Waals surface area contributed by atoms with Crippen LogP contribution in [0.25, 0.3) is 4.98 Å². The predicted octanol–water partition coefficient (Wildman–Crippen LogP) is 4.13. The first-order chi connectivity index (χ1) is 5.16. The molecule has 0 bridgehead atoms. The van der Waals surface area contributed by atoms with E-state index in [9.17, 15) is 0 Å². The standard InChI is InChI=1S/C6H2Cl3N2/c7-3-1-2-4(8)6(11-10)5(3)9/h1-2H/q+1. The Balaban J connectivity index is 3.44. The van der Waals surface area contributed by atoms with E-state index in [1.54, 1.807) is 0 Å². The Kier molecular flexibility index (Phi) is 2.56. The fraction of sp³-hybridized carbons (Fsp3) is 0. The molecule has 0 fully saturated rings. The molecule has 0 unspecified atom stereocenters. The van der Waals surface area contributed by atoms with Gasteiger partial charge in [0, 0.05) is 0 Å². The van der Waals surface area contributed by atoms with Gasteiger partial charge >= 0.3 is 5.69 Å². The van der Waals surface area contributed by atoms with Crippen LogP contribution in [0.3, 0.4) is 0 Å². The molecule has 11 heavy (non-hydrogen) atoms. The minimum atomic E-state index is 0.0980. The summed E-state index contributed by atoms with van der Waals surface area (Å²) in [6.07, 6.45) is 0. The summed E-state index contributed by atoms with van der Waals surface area (Å²) >= 11 is 16.8. The van der Waals surface area contributed by atoms with Crippen LogP contribution < -0.4 is 0 Å². The van der Waals surface area contributed by atoms with Crippen LogP contribution in [-0.2, 0) is 0 Å². The van der Waals surface area contributed by atoms with Gasteiger partial charge in [-0.05, 0) is 12.1 Å². The van der Waals surface area contributed by atoms with E-state index < -0.39 is 0 Å². The first-order valence-corrected chi connectivity index (χ1v) is 3.79. The number of nitrogens with zero attached hydrogens (tertiary/aromatic N) is 2. The van der Waals surface area contributed by atoms with Crippen molar-refractivity contribution in [2.75, 3.05) is 0 Å². The zero-order chi connectivity index (χ0) is 8.43. The second kappa shape index (κ2) is 3.27. The van der Waals surface area contributed by atoms with Gasteiger partial charge in [0.05, 0.1) is 5.02 Å². The Morgan fingerprint density at radius 1 is 1.09 bits per heavy atom. The van der Waals surface area contributed by atoms with Gasteiger partial charge in [-0.25, -0.2) is 0 Å². The molecule has 0 saturated carbocycles. The quantitative estimate of drug-likeness (QED) is 0.465. The largest absolute Gasteiger partial charge is 0.423 e. The van der Waals surface area contributed by atoms with Gasteiger partial charge in [0.15, 0.2) is 10.00 Å². The van der Waals surface area contributed by atoms with Crippen molar-refractivity contribution in [3.05, 3.63) is 32.2 Å². The molecule has 0 saturated heterocycles. The third-order valence-electron chi connectivity index (χ3n) is 1.12. The Morgan fingerprint density at radius 3 is 2.09 bits per heavy atom. The van der Waals surface area contributed by atoms with Crippen molar-refractivity contribution in [1.29, 1.82) is 5.39 Å². The summed E-state index contributed by atoms with van der Waals surface area (Å²) in [4.78, 5) is 2.88. The van der Waals surface area contributed by atoms with E-state index in [-0.39, 0.29) is 15.7 Å². The normalized spacial score (nSPS) is 9.27. The zero-order valence-electron chi connectivity index (χ0n) is 5.18. The maximum Gasteiger partial charge on any atom is 0.423 e. The third kappa shape index (κ3) is 1.57. The number of hydrogen-bond acceptors (Lipinski definition) is 1. The Bertz CT molecular complexity index is 329. The van der Waals surface area contributed by atoms with Crippen LogP contribution in [0.5, 0.6) is 0 Å². The molecule has 1 aromatic carbocycles. The maximum absolute atomic E-state index is 8.42. The van der Waals surface area contributed by atoms with Gasteiger partial charge in [0.2, 0.25) is 5.39 Å². The van der Waals surface area contributed by atoms with Crippen molar-refractivity contribution < 1.29 is 0 Å². The molecule has 0 radical (unpaired) electrons. The summed E-state index contributed by atoms with van der Waals surface area (Å²) in [5.41, 5.74) is 0.0980. The maximum atomic E-state index is 8.42. The molecule has 0 aromatic heterocycles. The van der Waals surface area contributed by atoms with Gasteiger partial charge in [0.25, 0.3) is 0 Å². The first kappa shape index (κ1) is 8.61. The fourth-order valence-corrected chi connectivity index (χ4v) is 1.21. The van der Waals surface area contributed by atoms with Crippen LogP contribution in [0.4, 0.5) is 5.69 Å². The van der Waals surface area contributed by atoms with Gasteiger partial charge in [-0.3, -0.25) is 0 Å². The van der Waals surface area contributed by atoms with Crippen molar-refractivity contribution >= 4 is 40.5 Å². The molecule has 2 nitrogen and oxygen atoms in total. The lowest BCUT2D eigenvalue weighted by Gasteiger charge is -1.90. The third-order valence-corrected chi connectivity index (χ3v) is 2.22. The minimum Gasteiger partial charge on any atom is -0.0824 e. The molecule has 1 rings (SSSR count). The van der Waals surface area contributed by atoms with Crippen LogP contribution in [0, 0.1) is 5.39 Å². The lowest BCUT2D eigenvalue weighted by molar-refractivity contribution is 1.46. The number of hydrogen-bond donors (Lipinski definition) is 0. The van der Waals surface area contributed by atoms with Crippen LogP contribution in [0.1, 0.15) is 0 Å². The highest BCUT2D eigenvalue weighted by atomic mass is 35.5. The highest BCUT2D eigenvalue weighted by Gasteiger charge is 2.19. The van der Waals surface area contributed by atoms with Crippen molar-refractivity contribution in [2.24, 2.45) is 0 Å². The Morgan fingerprint density at radius 2 is 1.64 bits per heavy atom. The van der Waals surface area contributed by atoms with Gasteiger partial charge < -0.3 is 0 Å². The van der Waals surface area contributed by atoms with E-state index in [0.29, 0.717) is 5.02 Å². The summed E-state index contributed by atoms with van der Waals surface area (Å²) < 4.78 is 0. The summed E-state index contributed by atoms with van der Waals surface area (Å²) in [5.74, 6) is 0. The van der Waals surface area contributed by atoms with E-state index >= 15 is 0 Å². The topological polar surface area (TPSA) is 28.1 Å². The SMILES string of the molecule is N#[N+]c1c(Cl)ccc(Cl)c1Cl. The number of benzene rings is 1. The van der Waals surface area contributed by atoms with Gasteiger partial charge in [-0.1, -0.05) is 34.8 Å². The molecule has 0 amide bonds. The molecular weight excluding hydrogens is 206 g/mol. The van der Waals surface area contributed by atoms with E-state index in [1.807, 2.05) is 0 Å². The van der Waals surface area contributed by atoms with Crippen molar-refractivity contribution in [3.8, 4) is 0 Å². The average Bonchev–Trinajstić information content (AvgIpc) is 1.99. The Hall–Kier alpha value is -0.490. The second-order valence-electron chi connectivity index (χ2n) is 1.79. The van der Waals surface area contributed by atoms with Crippen LogP contribution in [0.2, 0.25) is 15.1 Å². The average molecular weight is 208 g/mol. The zero-order valence-corrected chi connectivity index (χ0v) is 7.45. The molecule has 56 valence electrons. The highest BCUT2D eigenvalue weighted by molar-refractivity contribution is 6.46. The van der Waals surface area contributed by atoms with Crippen molar-refractivity contribution in [2.45, 2.75) is 0 Å². The number of diazo groups is 1.